The smallest absolute Gasteiger partial charge is 0.378 e. The molecule has 0 saturated carbocycles. The quantitative estimate of drug-likeness (QED) is 0.450. The summed E-state index contributed by atoms with van der Waals surface area (Å²) in [6, 6.07) is 9.07. The zero-order valence-corrected chi connectivity index (χ0v) is 23.8. The van der Waals surface area contributed by atoms with Gasteiger partial charge in [-0.3, -0.25) is 0 Å². The predicted octanol–water partition coefficient (Wildman–Crippen LogP) is 3.86. The summed E-state index contributed by atoms with van der Waals surface area (Å²) in [5.74, 6) is 0.807. The number of sulfonamides is 1. The number of hydrogen-bond acceptors (Lipinski definition) is 9. The van der Waals surface area contributed by atoms with Gasteiger partial charge < -0.3 is 19.9 Å². The van der Waals surface area contributed by atoms with E-state index in [2.05, 4.69) is 10.3 Å². The van der Waals surface area contributed by atoms with Crippen LogP contribution in [0.3, 0.4) is 0 Å². The fraction of sp³-hybridized carbons (Fsp3) is 0.464. The highest BCUT2D eigenvalue weighted by atomic mass is 32.2. The number of pyridine rings is 1. The number of ether oxygens (including phenoxy) is 1. The van der Waals surface area contributed by atoms with Gasteiger partial charge in [0.15, 0.2) is 0 Å². The van der Waals surface area contributed by atoms with Gasteiger partial charge in [0, 0.05) is 57.4 Å². The fourth-order valence-corrected chi connectivity index (χ4v) is 7.33. The van der Waals surface area contributed by atoms with Gasteiger partial charge in [-0.1, -0.05) is 12.1 Å². The Hall–Kier alpha value is -3.49. The van der Waals surface area contributed by atoms with Crippen LogP contribution in [0.1, 0.15) is 29.7 Å². The van der Waals surface area contributed by atoms with Crippen molar-refractivity contribution in [3.63, 3.8) is 0 Å². The molecule has 0 unspecified atom stereocenters. The first-order valence-corrected chi connectivity index (χ1v) is 15.5. The van der Waals surface area contributed by atoms with Crippen LogP contribution in [0, 0.1) is 0 Å². The minimum atomic E-state index is -4.54. The van der Waals surface area contributed by atoms with E-state index in [1.165, 1.54) is 16.6 Å². The lowest BCUT2D eigenvalue weighted by atomic mass is 10.1. The molecule has 2 fully saturated rings. The van der Waals surface area contributed by atoms with Crippen LogP contribution in [0.25, 0.3) is 0 Å². The van der Waals surface area contributed by atoms with E-state index in [1.807, 2.05) is 4.90 Å². The van der Waals surface area contributed by atoms with Crippen molar-refractivity contribution >= 4 is 33.3 Å². The van der Waals surface area contributed by atoms with Crippen LogP contribution < -0.4 is 15.1 Å². The van der Waals surface area contributed by atoms with Crippen LogP contribution in [-0.4, -0.2) is 80.2 Å². The first kappa shape index (κ1) is 28.6. The standard InChI is InChI=1S/C28H32F3N7O3S/c29-28(30,31)21-6-5-11-32-26(21)36-14-9-20-22(10-15-36)34-27(37-16-18-41-19-17-37)35-25(20)33-23-7-1-2-8-24(23)42(39,40)38-12-3-4-13-38/h1-2,5-8,11H,3-4,9-10,12-19H2,(H,33,34,35). The van der Waals surface area contributed by atoms with E-state index >= 15 is 0 Å². The van der Waals surface area contributed by atoms with Gasteiger partial charge in [-0.2, -0.15) is 22.5 Å². The maximum Gasteiger partial charge on any atom is 0.419 e. The molecule has 224 valence electrons. The molecule has 0 aliphatic carbocycles. The van der Waals surface area contributed by atoms with Crippen LogP contribution in [-0.2, 0) is 33.8 Å². The van der Waals surface area contributed by atoms with E-state index in [4.69, 9.17) is 14.7 Å². The van der Waals surface area contributed by atoms with Crippen molar-refractivity contribution in [2.24, 2.45) is 0 Å². The maximum absolute atomic E-state index is 13.8. The lowest BCUT2D eigenvalue weighted by Crippen LogP contribution is -2.37. The maximum atomic E-state index is 13.8. The highest BCUT2D eigenvalue weighted by Crippen LogP contribution is 2.37. The third-order valence-electron chi connectivity index (χ3n) is 7.84. The first-order chi connectivity index (χ1) is 20.2. The van der Waals surface area contributed by atoms with Gasteiger partial charge in [-0.25, -0.2) is 18.4 Å². The summed E-state index contributed by atoms with van der Waals surface area (Å²) in [6.45, 7) is 3.72. The summed E-state index contributed by atoms with van der Waals surface area (Å²) < 4.78 is 75.5. The van der Waals surface area contributed by atoms with Gasteiger partial charge in [-0.15, -0.1) is 0 Å². The number of halogens is 3. The number of para-hydroxylation sites is 1. The van der Waals surface area contributed by atoms with Gasteiger partial charge in [0.05, 0.1) is 30.2 Å². The van der Waals surface area contributed by atoms with Gasteiger partial charge in [-0.05, 0) is 43.5 Å². The molecule has 2 aromatic heterocycles. The normalized spacial score (nSPS) is 18.5. The third kappa shape index (κ3) is 5.75. The number of nitrogens with zero attached hydrogens (tertiary/aromatic N) is 6. The molecule has 14 heteroatoms. The van der Waals surface area contributed by atoms with E-state index in [1.54, 1.807) is 29.2 Å². The molecule has 10 nitrogen and oxygen atoms in total. The SMILES string of the molecule is O=S(=O)(c1ccccc1Nc1nc(N2CCOCC2)nc2c1CCN(c1ncccc1C(F)(F)F)CC2)N1CCCC1. The molecule has 0 radical (unpaired) electrons. The summed E-state index contributed by atoms with van der Waals surface area (Å²) >= 11 is 0. The fourth-order valence-electron chi connectivity index (χ4n) is 5.67. The Bertz CT molecular complexity index is 1540. The Morgan fingerprint density at radius 1 is 0.857 bits per heavy atom. The highest BCUT2D eigenvalue weighted by Gasteiger charge is 2.36. The molecule has 2 saturated heterocycles. The molecule has 0 amide bonds. The molecule has 0 atom stereocenters. The average molecular weight is 604 g/mol. The van der Waals surface area contributed by atoms with Gasteiger partial charge in [0.2, 0.25) is 16.0 Å². The monoisotopic (exact) mass is 603 g/mol. The van der Waals surface area contributed by atoms with E-state index in [0.717, 1.165) is 24.5 Å². The minimum Gasteiger partial charge on any atom is -0.378 e. The predicted molar refractivity (Wildman–Crippen MR) is 152 cm³/mol. The van der Waals surface area contributed by atoms with Crippen molar-refractivity contribution in [1.82, 2.24) is 19.3 Å². The van der Waals surface area contributed by atoms with Gasteiger partial charge in [0.1, 0.15) is 16.5 Å². The largest absolute Gasteiger partial charge is 0.419 e. The molecular formula is C28H32F3N7O3S. The third-order valence-corrected chi connectivity index (χ3v) is 9.80. The van der Waals surface area contributed by atoms with Crippen LogP contribution in [0.15, 0.2) is 47.5 Å². The van der Waals surface area contributed by atoms with Crippen LogP contribution >= 0.6 is 0 Å². The highest BCUT2D eigenvalue weighted by molar-refractivity contribution is 7.89. The van der Waals surface area contributed by atoms with Crippen LogP contribution in [0.2, 0.25) is 0 Å². The summed E-state index contributed by atoms with van der Waals surface area (Å²) in [4.78, 5) is 17.6. The number of hydrogen-bond donors (Lipinski definition) is 1. The van der Waals surface area contributed by atoms with Crippen molar-refractivity contribution in [2.75, 3.05) is 67.6 Å². The second-order valence-corrected chi connectivity index (χ2v) is 12.4. The molecule has 3 aliphatic rings. The van der Waals surface area contributed by atoms with Crippen molar-refractivity contribution in [3.05, 3.63) is 59.4 Å². The number of anilines is 4. The number of morpholine rings is 1. The second-order valence-electron chi connectivity index (χ2n) is 10.5. The number of fused-ring (bicyclic) bond motifs is 1. The summed E-state index contributed by atoms with van der Waals surface area (Å²) in [5.41, 5.74) is 1.06. The number of nitrogens with one attached hydrogen (secondary N) is 1. The van der Waals surface area contributed by atoms with Gasteiger partial charge >= 0.3 is 6.18 Å². The lowest BCUT2D eigenvalue weighted by molar-refractivity contribution is -0.137. The molecule has 0 bridgehead atoms. The van der Waals surface area contributed by atoms with E-state index in [0.29, 0.717) is 75.4 Å². The molecule has 3 aliphatic heterocycles. The average Bonchev–Trinajstić information content (AvgIpc) is 3.46. The summed E-state index contributed by atoms with van der Waals surface area (Å²) in [7, 11) is -3.73. The van der Waals surface area contributed by atoms with Crippen molar-refractivity contribution in [3.8, 4) is 0 Å². The Morgan fingerprint density at radius 3 is 2.36 bits per heavy atom. The van der Waals surface area contributed by atoms with E-state index in [9.17, 15) is 21.6 Å². The van der Waals surface area contributed by atoms with Crippen LogP contribution in [0.5, 0.6) is 0 Å². The topological polar surface area (TPSA) is 104 Å². The lowest BCUT2D eigenvalue weighted by Gasteiger charge is -2.28. The van der Waals surface area contributed by atoms with E-state index in [-0.39, 0.29) is 23.8 Å². The number of benzene rings is 1. The molecule has 6 rings (SSSR count). The molecule has 3 aromatic rings. The number of rotatable bonds is 6. The van der Waals surface area contributed by atoms with Crippen molar-refractivity contribution in [2.45, 2.75) is 36.8 Å². The second kappa shape index (κ2) is 11.7. The summed E-state index contributed by atoms with van der Waals surface area (Å²) in [6.07, 6.45) is -0.825. The van der Waals surface area contributed by atoms with E-state index < -0.39 is 21.8 Å². The van der Waals surface area contributed by atoms with Crippen molar-refractivity contribution < 1.29 is 26.3 Å². The molecule has 1 N–H and O–H groups in total. The minimum absolute atomic E-state index is 0.115. The molecule has 42 heavy (non-hydrogen) atoms. The Labute approximate surface area is 242 Å². The molecule has 0 spiro atoms. The Kier molecular flexibility index (Phi) is 7.94. The molecular weight excluding hydrogens is 571 g/mol. The Balaban J connectivity index is 1.38. The number of alkyl halides is 3. The van der Waals surface area contributed by atoms with Crippen LogP contribution in [0.4, 0.5) is 36.4 Å². The zero-order valence-electron chi connectivity index (χ0n) is 23.0. The number of aromatic nitrogens is 3. The molecule has 5 heterocycles. The molecule has 1 aromatic carbocycles. The Morgan fingerprint density at radius 2 is 1.60 bits per heavy atom. The first-order valence-electron chi connectivity index (χ1n) is 14.1. The van der Waals surface area contributed by atoms with Crippen molar-refractivity contribution in [1.29, 1.82) is 0 Å². The zero-order chi connectivity index (χ0) is 29.3. The summed E-state index contributed by atoms with van der Waals surface area (Å²) in [5, 5.41) is 3.30. The van der Waals surface area contributed by atoms with Gasteiger partial charge in [0.25, 0.3) is 0 Å².